The molecule has 11 nitrogen and oxygen atoms in total. The maximum atomic E-state index is 13.2. The van der Waals surface area contributed by atoms with Crippen molar-refractivity contribution >= 4 is 44.7 Å². The summed E-state index contributed by atoms with van der Waals surface area (Å²) in [6.45, 7) is 6.81. The molecule has 1 atom stereocenters. The minimum atomic E-state index is -1.34. The van der Waals surface area contributed by atoms with E-state index >= 15 is 0 Å². The predicted molar refractivity (Wildman–Crippen MR) is 133 cm³/mol. The topological polar surface area (TPSA) is 146 Å². The van der Waals surface area contributed by atoms with E-state index in [1.165, 1.54) is 25.3 Å². The fourth-order valence-electron chi connectivity index (χ4n) is 3.20. The van der Waals surface area contributed by atoms with Crippen LogP contribution in [-0.4, -0.2) is 44.6 Å². The van der Waals surface area contributed by atoms with Crippen LogP contribution in [-0.2, 0) is 4.79 Å². The quantitative estimate of drug-likeness (QED) is 0.237. The standard InChI is InChI=1S/C23H23BrN4O7/c1-5-34-19-9-14(8-18(28(32)33)20(19)35-13(4)23(30)31)11-25-27-21(12(2)3)26-17-7-6-15(24)10-16(17)22(27)29/h6-13H,5H2,1-4H3,(H,30,31)/t13-/m1/s1. The maximum absolute atomic E-state index is 13.2. The van der Waals surface area contributed by atoms with Gasteiger partial charge in [0.15, 0.2) is 11.9 Å². The molecule has 0 fully saturated rings. The van der Waals surface area contributed by atoms with Crippen molar-refractivity contribution in [3.8, 4) is 11.5 Å². The van der Waals surface area contributed by atoms with Crippen LogP contribution in [0.15, 0.2) is 44.7 Å². The van der Waals surface area contributed by atoms with E-state index in [0.717, 1.165) is 4.68 Å². The Morgan fingerprint density at radius 1 is 1.31 bits per heavy atom. The molecule has 1 heterocycles. The summed E-state index contributed by atoms with van der Waals surface area (Å²) in [4.78, 5) is 40.0. The van der Waals surface area contributed by atoms with Crippen LogP contribution in [0.1, 0.15) is 45.0 Å². The molecule has 0 saturated heterocycles. The number of benzene rings is 2. The van der Waals surface area contributed by atoms with E-state index < -0.39 is 28.2 Å². The summed E-state index contributed by atoms with van der Waals surface area (Å²) in [5, 5.41) is 25.5. The van der Waals surface area contributed by atoms with E-state index in [9.17, 15) is 19.7 Å². The number of nitro groups is 1. The lowest BCUT2D eigenvalue weighted by Gasteiger charge is -2.15. The summed E-state index contributed by atoms with van der Waals surface area (Å²) in [6, 6.07) is 7.76. The Hall–Kier alpha value is -3.80. The Labute approximate surface area is 208 Å². The Bertz CT molecular complexity index is 1380. The van der Waals surface area contributed by atoms with E-state index in [4.69, 9.17) is 14.6 Å². The molecule has 3 rings (SSSR count). The third-order valence-electron chi connectivity index (χ3n) is 4.87. The van der Waals surface area contributed by atoms with Gasteiger partial charge < -0.3 is 14.6 Å². The van der Waals surface area contributed by atoms with Crippen LogP contribution in [0.4, 0.5) is 5.69 Å². The minimum Gasteiger partial charge on any atom is -0.490 e. The second-order valence-electron chi connectivity index (χ2n) is 7.80. The van der Waals surface area contributed by atoms with E-state index in [-0.39, 0.29) is 29.6 Å². The van der Waals surface area contributed by atoms with Gasteiger partial charge in [-0.05, 0) is 38.1 Å². The summed E-state index contributed by atoms with van der Waals surface area (Å²) in [6.07, 6.45) is -0.0683. The molecule has 0 aliphatic heterocycles. The number of hydrogen-bond donors (Lipinski definition) is 1. The summed E-state index contributed by atoms with van der Waals surface area (Å²) < 4.78 is 12.7. The average molecular weight is 547 g/mol. The van der Waals surface area contributed by atoms with Gasteiger partial charge in [-0.25, -0.2) is 9.78 Å². The van der Waals surface area contributed by atoms with Gasteiger partial charge in [-0.3, -0.25) is 14.9 Å². The molecular weight excluding hydrogens is 524 g/mol. The molecule has 0 aliphatic carbocycles. The van der Waals surface area contributed by atoms with Crippen LogP contribution >= 0.6 is 15.9 Å². The molecule has 3 aromatic rings. The van der Waals surface area contributed by atoms with Crippen molar-refractivity contribution < 1.29 is 24.3 Å². The first-order valence-electron chi connectivity index (χ1n) is 10.6. The predicted octanol–water partition coefficient (Wildman–Crippen LogP) is 4.32. The summed E-state index contributed by atoms with van der Waals surface area (Å²) >= 11 is 3.35. The lowest BCUT2D eigenvalue weighted by Crippen LogP contribution is -2.24. The van der Waals surface area contributed by atoms with Crippen LogP contribution in [0.5, 0.6) is 11.5 Å². The zero-order valence-corrected chi connectivity index (χ0v) is 21.0. The van der Waals surface area contributed by atoms with Crippen molar-refractivity contribution in [2.24, 2.45) is 5.10 Å². The van der Waals surface area contributed by atoms with Gasteiger partial charge >= 0.3 is 11.7 Å². The van der Waals surface area contributed by atoms with Gasteiger partial charge in [-0.1, -0.05) is 29.8 Å². The summed E-state index contributed by atoms with van der Waals surface area (Å²) in [5.41, 5.74) is -0.128. The molecule has 0 spiro atoms. The lowest BCUT2D eigenvalue weighted by molar-refractivity contribution is -0.386. The SMILES string of the molecule is CCOc1cc(C=Nn2c(C(C)C)nc3ccc(Br)cc3c2=O)cc([N+](=O)[O-])c1O[C@H](C)C(=O)O. The number of carboxylic acid groups (broad SMARTS) is 1. The van der Waals surface area contributed by atoms with Crippen molar-refractivity contribution in [3.63, 3.8) is 0 Å². The maximum Gasteiger partial charge on any atom is 0.344 e. The molecule has 12 heteroatoms. The van der Waals surface area contributed by atoms with Crippen LogP contribution in [0.3, 0.4) is 0 Å². The van der Waals surface area contributed by atoms with Crippen LogP contribution in [0, 0.1) is 10.1 Å². The number of carboxylic acids is 1. The van der Waals surface area contributed by atoms with Gasteiger partial charge in [0.25, 0.3) is 5.56 Å². The largest absolute Gasteiger partial charge is 0.490 e. The van der Waals surface area contributed by atoms with E-state index in [2.05, 4.69) is 26.0 Å². The highest BCUT2D eigenvalue weighted by molar-refractivity contribution is 9.10. The molecule has 2 aromatic carbocycles. The van der Waals surface area contributed by atoms with Crippen LogP contribution < -0.4 is 15.0 Å². The normalized spacial score (nSPS) is 12.3. The summed E-state index contributed by atoms with van der Waals surface area (Å²) in [7, 11) is 0. The Kier molecular flexibility index (Phi) is 7.85. The molecule has 0 aliphatic rings. The number of nitrogens with zero attached hydrogens (tertiary/aromatic N) is 4. The highest BCUT2D eigenvalue weighted by Crippen LogP contribution is 2.39. The van der Waals surface area contributed by atoms with Gasteiger partial charge in [-0.2, -0.15) is 9.78 Å². The monoisotopic (exact) mass is 546 g/mol. The number of aromatic nitrogens is 2. The van der Waals surface area contributed by atoms with Gasteiger partial charge in [0.05, 0.1) is 28.6 Å². The number of nitro benzene ring substituents is 1. The van der Waals surface area contributed by atoms with Gasteiger partial charge in [0.2, 0.25) is 5.75 Å². The molecule has 0 radical (unpaired) electrons. The van der Waals surface area contributed by atoms with Crippen LogP contribution in [0.2, 0.25) is 0 Å². The van der Waals surface area contributed by atoms with Gasteiger partial charge in [0.1, 0.15) is 5.82 Å². The van der Waals surface area contributed by atoms with E-state index in [1.807, 2.05) is 13.8 Å². The van der Waals surface area contributed by atoms with Crippen molar-refractivity contribution in [2.75, 3.05) is 6.61 Å². The zero-order valence-electron chi connectivity index (χ0n) is 19.4. The van der Waals surface area contributed by atoms with Crippen molar-refractivity contribution in [2.45, 2.75) is 39.7 Å². The number of fused-ring (bicyclic) bond motifs is 1. The Morgan fingerprint density at radius 3 is 2.63 bits per heavy atom. The number of halogens is 1. The number of rotatable bonds is 9. The van der Waals surface area contributed by atoms with E-state index in [1.54, 1.807) is 25.1 Å². The second kappa shape index (κ2) is 10.6. The average Bonchev–Trinajstić information content (AvgIpc) is 2.79. The van der Waals surface area contributed by atoms with E-state index in [0.29, 0.717) is 21.2 Å². The molecule has 0 bridgehead atoms. The molecule has 184 valence electrons. The highest BCUT2D eigenvalue weighted by atomic mass is 79.9. The molecule has 0 amide bonds. The number of carbonyl (C=O) groups is 1. The number of aliphatic carboxylic acids is 1. The molecule has 0 saturated carbocycles. The van der Waals surface area contributed by atoms with Crippen molar-refractivity contribution in [1.29, 1.82) is 0 Å². The second-order valence-corrected chi connectivity index (χ2v) is 8.72. The third-order valence-corrected chi connectivity index (χ3v) is 5.36. The lowest BCUT2D eigenvalue weighted by atomic mass is 10.1. The molecule has 1 aromatic heterocycles. The van der Waals surface area contributed by atoms with Gasteiger partial charge in [-0.15, -0.1) is 0 Å². The molecule has 35 heavy (non-hydrogen) atoms. The first-order valence-corrected chi connectivity index (χ1v) is 11.4. The highest BCUT2D eigenvalue weighted by Gasteiger charge is 2.26. The molecular formula is C23H23BrN4O7. The molecule has 0 unspecified atom stereocenters. The van der Waals surface area contributed by atoms with Crippen LogP contribution in [0.25, 0.3) is 10.9 Å². The Morgan fingerprint density at radius 2 is 2.03 bits per heavy atom. The first-order chi connectivity index (χ1) is 16.5. The smallest absolute Gasteiger partial charge is 0.344 e. The molecule has 1 N–H and O–H groups in total. The summed E-state index contributed by atoms with van der Waals surface area (Å²) in [5.74, 6) is -1.34. The fraction of sp³-hybridized carbons (Fsp3) is 0.304. The fourth-order valence-corrected chi connectivity index (χ4v) is 3.56. The zero-order chi connectivity index (χ0) is 25.9. The Balaban J connectivity index is 2.17. The first kappa shape index (κ1) is 25.8. The van der Waals surface area contributed by atoms with Crippen molar-refractivity contribution in [1.82, 2.24) is 9.66 Å². The number of ether oxygens (including phenoxy) is 2. The minimum absolute atomic E-state index is 0.0201. The number of hydrogen-bond acceptors (Lipinski definition) is 8. The van der Waals surface area contributed by atoms with Gasteiger partial charge in [0, 0.05) is 22.0 Å². The van der Waals surface area contributed by atoms with Crippen molar-refractivity contribution in [3.05, 3.63) is 66.7 Å². The third kappa shape index (κ3) is 5.65.